The zero-order valence-corrected chi connectivity index (χ0v) is 17.6. The SMILES string of the molecule is CC[C@@H](C(=O)NC(C)C)N(Cc1ccc(Cl)cc1)C(=O)COc1ccccc1F. The fourth-order valence-corrected chi connectivity index (χ4v) is 3.00. The summed E-state index contributed by atoms with van der Waals surface area (Å²) < 4.78 is 19.2. The lowest BCUT2D eigenvalue weighted by atomic mass is 10.1. The van der Waals surface area contributed by atoms with Crippen LogP contribution in [0.2, 0.25) is 5.02 Å². The molecule has 1 atom stereocenters. The molecule has 0 aromatic heterocycles. The van der Waals surface area contributed by atoms with Gasteiger partial charge in [0.05, 0.1) is 0 Å². The van der Waals surface area contributed by atoms with Gasteiger partial charge in [-0.2, -0.15) is 0 Å². The molecular weight excluding hydrogens is 395 g/mol. The predicted molar refractivity (Wildman–Crippen MR) is 111 cm³/mol. The molecule has 0 saturated carbocycles. The zero-order valence-electron chi connectivity index (χ0n) is 16.8. The molecule has 0 radical (unpaired) electrons. The van der Waals surface area contributed by atoms with Crippen LogP contribution in [0, 0.1) is 5.82 Å². The summed E-state index contributed by atoms with van der Waals surface area (Å²) in [4.78, 5) is 27.1. The van der Waals surface area contributed by atoms with E-state index >= 15 is 0 Å². The first-order valence-corrected chi connectivity index (χ1v) is 9.91. The van der Waals surface area contributed by atoms with Gasteiger partial charge in [0.15, 0.2) is 18.2 Å². The van der Waals surface area contributed by atoms with Gasteiger partial charge >= 0.3 is 0 Å². The van der Waals surface area contributed by atoms with Gasteiger partial charge < -0.3 is 15.0 Å². The molecule has 0 spiro atoms. The normalized spacial score (nSPS) is 11.8. The van der Waals surface area contributed by atoms with E-state index in [1.54, 1.807) is 36.4 Å². The molecule has 156 valence electrons. The minimum Gasteiger partial charge on any atom is -0.481 e. The Morgan fingerprint density at radius 3 is 2.38 bits per heavy atom. The van der Waals surface area contributed by atoms with Crippen LogP contribution < -0.4 is 10.1 Å². The number of carbonyl (C=O) groups excluding carboxylic acids is 2. The van der Waals surface area contributed by atoms with Gasteiger partial charge in [-0.15, -0.1) is 0 Å². The molecule has 7 heteroatoms. The molecule has 0 heterocycles. The Morgan fingerprint density at radius 2 is 1.79 bits per heavy atom. The van der Waals surface area contributed by atoms with Crippen LogP contribution in [0.4, 0.5) is 4.39 Å². The van der Waals surface area contributed by atoms with E-state index in [0.29, 0.717) is 11.4 Å². The van der Waals surface area contributed by atoms with Crippen molar-refractivity contribution in [3.63, 3.8) is 0 Å². The highest BCUT2D eigenvalue weighted by Crippen LogP contribution is 2.18. The van der Waals surface area contributed by atoms with Crippen LogP contribution in [-0.2, 0) is 16.1 Å². The maximum atomic E-state index is 13.8. The summed E-state index contributed by atoms with van der Waals surface area (Å²) in [6.45, 7) is 5.39. The van der Waals surface area contributed by atoms with Crippen molar-refractivity contribution in [2.24, 2.45) is 0 Å². The van der Waals surface area contributed by atoms with Crippen LogP contribution in [0.25, 0.3) is 0 Å². The van der Waals surface area contributed by atoms with Crippen molar-refractivity contribution in [2.75, 3.05) is 6.61 Å². The fraction of sp³-hybridized carbons (Fsp3) is 0.364. The second-order valence-electron chi connectivity index (χ2n) is 6.95. The van der Waals surface area contributed by atoms with Gasteiger partial charge in [-0.05, 0) is 50.1 Å². The molecular formula is C22H26ClFN2O3. The lowest BCUT2D eigenvalue weighted by Crippen LogP contribution is -2.51. The van der Waals surface area contributed by atoms with E-state index < -0.39 is 17.8 Å². The molecule has 1 N–H and O–H groups in total. The third-order valence-corrected chi connectivity index (χ3v) is 4.52. The maximum Gasteiger partial charge on any atom is 0.261 e. The summed E-state index contributed by atoms with van der Waals surface area (Å²) in [5.41, 5.74) is 0.824. The van der Waals surface area contributed by atoms with E-state index in [0.717, 1.165) is 5.56 Å². The average molecular weight is 421 g/mol. The minimum atomic E-state index is -0.676. The number of nitrogens with zero attached hydrogens (tertiary/aromatic N) is 1. The predicted octanol–water partition coefficient (Wildman–Crippen LogP) is 4.19. The van der Waals surface area contributed by atoms with Gasteiger partial charge in [0.25, 0.3) is 5.91 Å². The minimum absolute atomic E-state index is 0.00743. The summed E-state index contributed by atoms with van der Waals surface area (Å²) in [5.74, 6) is -1.20. The van der Waals surface area contributed by atoms with Crippen LogP contribution in [0.1, 0.15) is 32.8 Å². The molecule has 2 rings (SSSR count). The van der Waals surface area contributed by atoms with Crippen molar-refractivity contribution in [1.29, 1.82) is 0 Å². The number of carbonyl (C=O) groups is 2. The van der Waals surface area contributed by atoms with Gasteiger partial charge in [0.1, 0.15) is 6.04 Å². The summed E-state index contributed by atoms with van der Waals surface area (Å²) >= 11 is 5.94. The molecule has 29 heavy (non-hydrogen) atoms. The van der Waals surface area contributed by atoms with E-state index in [9.17, 15) is 14.0 Å². The molecule has 0 unspecified atom stereocenters. The first kappa shape index (κ1) is 22.7. The zero-order chi connectivity index (χ0) is 21.4. The van der Waals surface area contributed by atoms with Gasteiger partial charge in [0.2, 0.25) is 5.91 Å². The molecule has 2 aromatic rings. The number of benzene rings is 2. The Labute approximate surface area is 175 Å². The molecule has 0 aliphatic carbocycles. The highest BCUT2D eigenvalue weighted by atomic mass is 35.5. The van der Waals surface area contributed by atoms with Gasteiger partial charge in [0, 0.05) is 17.6 Å². The van der Waals surface area contributed by atoms with Crippen LogP contribution in [0.5, 0.6) is 5.75 Å². The Kier molecular flexibility index (Phi) is 8.46. The third kappa shape index (κ3) is 6.75. The number of para-hydroxylation sites is 1. The van der Waals surface area contributed by atoms with Gasteiger partial charge in [-0.3, -0.25) is 9.59 Å². The van der Waals surface area contributed by atoms with E-state index in [1.807, 2.05) is 20.8 Å². The Hall–Kier alpha value is -2.60. The topological polar surface area (TPSA) is 58.6 Å². The second-order valence-corrected chi connectivity index (χ2v) is 7.39. The van der Waals surface area contributed by atoms with E-state index in [1.165, 1.54) is 17.0 Å². The third-order valence-electron chi connectivity index (χ3n) is 4.27. The second kappa shape index (κ2) is 10.8. The number of ether oxygens (including phenoxy) is 1. The molecule has 0 aliphatic heterocycles. The standard InChI is InChI=1S/C22H26ClFN2O3/c1-4-19(22(28)25-15(2)3)26(13-16-9-11-17(23)12-10-16)21(27)14-29-20-8-6-5-7-18(20)24/h5-12,15,19H,4,13-14H2,1-3H3,(H,25,28)/t19-/m0/s1. The number of hydrogen-bond acceptors (Lipinski definition) is 3. The highest BCUT2D eigenvalue weighted by Gasteiger charge is 2.29. The number of hydrogen-bond donors (Lipinski definition) is 1. The van der Waals surface area contributed by atoms with Crippen LogP contribution >= 0.6 is 11.6 Å². The summed E-state index contributed by atoms with van der Waals surface area (Å²) in [6.07, 6.45) is 0.428. The first-order chi connectivity index (χ1) is 13.8. The lowest BCUT2D eigenvalue weighted by Gasteiger charge is -2.31. The van der Waals surface area contributed by atoms with Gasteiger partial charge in [-0.1, -0.05) is 42.8 Å². The Bertz CT molecular complexity index is 827. The van der Waals surface area contributed by atoms with E-state index in [-0.39, 0.29) is 30.9 Å². The fourth-order valence-electron chi connectivity index (χ4n) is 2.87. The monoisotopic (exact) mass is 420 g/mol. The van der Waals surface area contributed by atoms with Crippen molar-refractivity contribution in [2.45, 2.75) is 45.8 Å². The van der Waals surface area contributed by atoms with Crippen LogP contribution in [-0.4, -0.2) is 35.4 Å². The Balaban J connectivity index is 2.21. The first-order valence-electron chi connectivity index (χ1n) is 9.53. The molecule has 0 fully saturated rings. The quantitative estimate of drug-likeness (QED) is 0.661. The van der Waals surface area contributed by atoms with Crippen molar-refractivity contribution in [1.82, 2.24) is 10.2 Å². The van der Waals surface area contributed by atoms with Crippen LogP contribution in [0.3, 0.4) is 0 Å². The molecule has 0 bridgehead atoms. The van der Waals surface area contributed by atoms with Gasteiger partial charge in [-0.25, -0.2) is 4.39 Å². The summed E-state index contributed by atoms with van der Waals surface area (Å²) in [7, 11) is 0. The molecule has 2 aromatic carbocycles. The largest absolute Gasteiger partial charge is 0.481 e. The average Bonchev–Trinajstić information content (AvgIpc) is 2.68. The van der Waals surface area contributed by atoms with E-state index in [2.05, 4.69) is 5.32 Å². The number of nitrogens with one attached hydrogen (secondary N) is 1. The Morgan fingerprint density at radius 1 is 1.14 bits per heavy atom. The van der Waals surface area contributed by atoms with Crippen molar-refractivity contribution >= 4 is 23.4 Å². The number of halogens is 2. The summed E-state index contributed by atoms with van der Waals surface area (Å²) in [5, 5.41) is 3.43. The van der Waals surface area contributed by atoms with E-state index in [4.69, 9.17) is 16.3 Å². The highest BCUT2D eigenvalue weighted by molar-refractivity contribution is 6.30. The van der Waals surface area contributed by atoms with Crippen molar-refractivity contribution in [3.8, 4) is 5.75 Å². The number of amides is 2. The molecule has 0 aliphatic rings. The van der Waals surface area contributed by atoms with Crippen molar-refractivity contribution in [3.05, 3.63) is 64.9 Å². The smallest absolute Gasteiger partial charge is 0.261 e. The van der Waals surface area contributed by atoms with Crippen LogP contribution in [0.15, 0.2) is 48.5 Å². The number of rotatable bonds is 9. The lowest BCUT2D eigenvalue weighted by molar-refractivity contribution is -0.143. The summed E-state index contributed by atoms with van der Waals surface area (Å²) in [6, 6.07) is 12.2. The van der Waals surface area contributed by atoms with Crippen molar-refractivity contribution < 1.29 is 18.7 Å². The maximum absolute atomic E-state index is 13.8. The molecule has 2 amide bonds. The molecule has 0 saturated heterocycles. The molecule has 5 nitrogen and oxygen atoms in total.